The molecule has 10 heteroatoms. The van der Waals surface area contributed by atoms with Crippen LogP contribution in [0.3, 0.4) is 0 Å². The second-order valence-corrected chi connectivity index (χ2v) is 6.54. The molecule has 28 heavy (non-hydrogen) atoms. The summed E-state index contributed by atoms with van der Waals surface area (Å²) >= 11 is 0. The maximum atomic E-state index is 13.7. The van der Waals surface area contributed by atoms with Gasteiger partial charge in [0, 0.05) is 37.5 Å². The average Bonchev–Trinajstić information content (AvgIpc) is 3.04. The third-order valence-corrected chi connectivity index (χ3v) is 4.55. The van der Waals surface area contributed by atoms with E-state index in [1.165, 1.54) is 28.9 Å². The van der Waals surface area contributed by atoms with E-state index in [4.69, 9.17) is 4.74 Å². The number of hydrogen-bond acceptors (Lipinski definition) is 5. The fraction of sp³-hybridized carbons (Fsp3) is 0.333. The lowest BCUT2D eigenvalue weighted by Crippen LogP contribution is -2.36. The number of alkyl halides is 3. The Balaban J connectivity index is 1.82. The van der Waals surface area contributed by atoms with Crippen molar-refractivity contribution in [2.75, 3.05) is 25.1 Å². The van der Waals surface area contributed by atoms with Gasteiger partial charge in [0.2, 0.25) is 0 Å². The highest BCUT2D eigenvalue weighted by Gasteiger charge is 2.42. The molecular weight excluding hydrogens is 378 g/mol. The first-order chi connectivity index (χ1) is 13.3. The second-order valence-electron chi connectivity index (χ2n) is 6.54. The highest BCUT2D eigenvalue weighted by Crippen LogP contribution is 2.35. The fourth-order valence-electron chi connectivity index (χ4n) is 3.21. The molecule has 1 N–H and O–H groups in total. The molecule has 0 aliphatic carbocycles. The molecule has 1 aliphatic heterocycles. The number of fused-ring (bicyclic) bond motifs is 2. The first-order valence-electron chi connectivity index (χ1n) is 8.59. The van der Waals surface area contributed by atoms with E-state index in [1.54, 1.807) is 24.2 Å². The summed E-state index contributed by atoms with van der Waals surface area (Å²) < 4.78 is 61.6. The summed E-state index contributed by atoms with van der Waals surface area (Å²) in [5, 5.41) is 6.46. The van der Waals surface area contributed by atoms with Gasteiger partial charge in [-0.05, 0) is 24.3 Å². The van der Waals surface area contributed by atoms with Crippen LogP contribution in [0.2, 0.25) is 0 Å². The van der Waals surface area contributed by atoms with Crippen molar-refractivity contribution in [2.24, 2.45) is 0 Å². The lowest BCUT2D eigenvalue weighted by molar-refractivity contribution is -0.157. The number of hydrogen-bond donors (Lipinski definition) is 1. The Kier molecular flexibility index (Phi) is 4.58. The molecule has 0 fully saturated rings. The van der Waals surface area contributed by atoms with Crippen LogP contribution < -0.4 is 15.0 Å². The van der Waals surface area contributed by atoms with Crippen molar-refractivity contribution in [3.05, 3.63) is 53.6 Å². The number of rotatable bonds is 0. The Hall–Kier alpha value is -2.88. The predicted molar refractivity (Wildman–Crippen MR) is 93.8 cm³/mol. The first kappa shape index (κ1) is 18.5. The van der Waals surface area contributed by atoms with Crippen LogP contribution in [0, 0.1) is 5.82 Å². The normalized spacial score (nSPS) is 18.2. The van der Waals surface area contributed by atoms with Crippen LogP contribution in [0.25, 0.3) is 5.65 Å². The number of ether oxygens (including phenoxy) is 1. The van der Waals surface area contributed by atoms with Crippen LogP contribution >= 0.6 is 0 Å². The highest BCUT2D eigenvalue weighted by molar-refractivity contribution is 5.54. The Bertz CT molecular complexity index is 1000. The zero-order valence-electron chi connectivity index (χ0n) is 14.9. The van der Waals surface area contributed by atoms with E-state index in [9.17, 15) is 17.6 Å². The van der Waals surface area contributed by atoms with Crippen LogP contribution in [0.4, 0.5) is 23.4 Å². The topological polar surface area (TPSA) is 54.7 Å². The summed E-state index contributed by atoms with van der Waals surface area (Å²) in [6.07, 6.45) is -1.82. The molecule has 0 saturated carbocycles. The second kappa shape index (κ2) is 6.93. The molecule has 4 rings (SSSR count). The van der Waals surface area contributed by atoms with Gasteiger partial charge in [0.15, 0.2) is 5.65 Å². The van der Waals surface area contributed by atoms with Gasteiger partial charge in [-0.2, -0.15) is 18.3 Å². The number of nitrogens with zero attached hydrogens (tertiary/aromatic N) is 4. The van der Waals surface area contributed by atoms with E-state index in [0.717, 1.165) is 0 Å². The highest BCUT2D eigenvalue weighted by atomic mass is 19.4. The van der Waals surface area contributed by atoms with Crippen LogP contribution in [0.1, 0.15) is 17.2 Å². The van der Waals surface area contributed by atoms with Gasteiger partial charge in [-0.3, -0.25) is 5.32 Å². The van der Waals surface area contributed by atoms with Crippen LogP contribution in [-0.4, -0.2) is 41.0 Å². The minimum absolute atomic E-state index is 0.00956. The Morgan fingerprint density at radius 2 is 2.07 bits per heavy atom. The van der Waals surface area contributed by atoms with Gasteiger partial charge >= 0.3 is 6.18 Å². The Morgan fingerprint density at radius 1 is 1.25 bits per heavy atom. The minimum Gasteiger partial charge on any atom is -0.492 e. The van der Waals surface area contributed by atoms with Gasteiger partial charge in [-0.25, -0.2) is 13.9 Å². The van der Waals surface area contributed by atoms with E-state index in [-0.39, 0.29) is 30.9 Å². The molecule has 2 aromatic heterocycles. The Labute approximate surface area is 157 Å². The number of anilines is 1. The van der Waals surface area contributed by atoms with Gasteiger partial charge in [0.05, 0.1) is 6.20 Å². The van der Waals surface area contributed by atoms with E-state index < -0.39 is 18.0 Å². The van der Waals surface area contributed by atoms with E-state index in [0.29, 0.717) is 17.1 Å². The fourth-order valence-corrected chi connectivity index (χ4v) is 3.21. The summed E-state index contributed by atoms with van der Waals surface area (Å²) in [4.78, 5) is 6.09. The average molecular weight is 395 g/mol. The van der Waals surface area contributed by atoms with Crippen molar-refractivity contribution in [3.63, 3.8) is 0 Å². The third kappa shape index (κ3) is 3.47. The Morgan fingerprint density at radius 3 is 2.86 bits per heavy atom. The molecule has 1 unspecified atom stereocenters. The zero-order valence-corrected chi connectivity index (χ0v) is 14.9. The summed E-state index contributed by atoms with van der Waals surface area (Å²) in [5.41, 5.74) is 0.619. The van der Waals surface area contributed by atoms with Crippen molar-refractivity contribution in [1.82, 2.24) is 19.9 Å². The van der Waals surface area contributed by atoms with Crippen LogP contribution in [-0.2, 0) is 6.54 Å². The van der Waals surface area contributed by atoms with Gasteiger partial charge in [0.25, 0.3) is 0 Å². The maximum Gasteiger partial charge on any atom is 0.408 e. The molecule has 3 aromatic rings. The number of benzene rings is 1. The molecule has 1 aromatic carbocycles. The lowest BCUT2D eigenvalue weighted by atomic mass is 10.1. The zero-order chi connectivity index (χ0) is 19.9. The summed E-state index contributed by atoms with van der Waals surface area (Å²) in [6, 6.07) is 3.78. The summed E-state index contributed by atoms with van der Waals surface area (Å²) in [7, 11) is 1.72. The molecule has 0 radical (unpaired) electrons. The first-order valence-corrected chi connectivity index (χ1v) is 8.59. The largest absolute Gasteiger partial charge is 0.492 e. The molecular formula is C18H17F4N5O. The third-order valence-electron chi connectivity index (χ3n) is 4.55. The monoisotopic (exact) mass is 395 g/mol. The summed E-state index contributed by atoms with van der Waals surface area (Å²) in [6.45, 7) is 0.202. The van der Waals surface area contributed by atoms with E-state index in [2.05, 4.69) is 15.4 Å². The van der Waals surface area contributed by atoms with Gasteiger partial charge in [-0.15, -0.1) is 0 Å². The standard InChI is InChI=1S/C18H17F4N5O/c1-26-10-11-8-12(19)2-3-14(11)28-7-5-23-16(18(20,21)22)13-9-24-27-6-4-15(26)25-17(13)27/h2-4,6,8-9,16,23H,5,7,10H2,1H3. The number of aromatic nitrogens is 3. The molecule has 1 aliphatic rings. The van der Waals surface area contributed by atoms with E-state index >= 15 is 0 Å². The van der Waals surface area contributed by atoms with Crippen molar-refractivity contribution in [1.29, 1.82) is 0 Å². The molecule has 0 spiro atoms. The van der Waals surface area contributed by atoms with Crippen LogP contribution in [0.5, 0.6) is 5.75 Å². The van der Waals surface area contributed by atoms with Gasteiger partial charge in [-0.1, -0.05) is 0 Å². The van der Waals surface area contributed by atoms with Crippen molar-refractivity contribution < 1.29 is 22.3 Å². The maximum absolute atomic E-state index is 13.7. The summed E-state index contributed by atoms with van der Waals surface area (Å²) in [5.74, 6) is 0.434. The van der Waals surface area contributed by atoms with Crippen molar-refractivity contribution >= 4 is 11.5 Å². The predicted octanol–water partition coefficient (Wildman–Crippen LogP) is 3.09. The quantitative estimate of drug-likeness (QED) is 0.593. The van der Waals surface area contributed by atoms with Gasteiger partial charge in [0.1, 0.15) is 30.0 Å². The number of nitrogens with one attached hydrogen (secondary N) is 1. The van der Waals surface area contributed by atoms with Crippen molar-refractivity contribution in [3.8, 4) is 5.75 Å². The molecule has 2 bridgehead atoms. The molecule has 0 amide bonds. The molecule has 1 atom stereocenters. The molecule has 6 nitrogen and oxygen atoms in total. The molecule has 3 heterocycles. The smallest absolute Gasteiger partial charge is 0.408 e. The molecule has 0 saturated heterocycles. The van der Waals surface area contributed by atoms with Crippen molar-refractivity contribution in [2.45, 2.75) is 18.8 Å². The van der Waals surface area contributed by atoms with Crippen LogP contribution in [0.15, 0.2) is 36.7 Å². The SMILES string of the molecule is CN1Cc2cc(F)ccc2OCCNC(C(F)(F)F)c2cnn3ccc1nc23. The number of halogens is 4. The lowest BCUT2D eigenvalue weighted by Gasteiger charge is -2.21. The van der Waals surface area contributed by atoms with Gasteiger partial charge < -0.3 is 9.64 Å². The van der Waals surface area contributed by atoms with E-state index in [1.807, 2.05) is 0 Å². The minimum atomic E-state index is -4.53. The molecule has 148 valence electrons.